The summed E-state index contributed by atoms with van der Waals surface area (Å²) in [4.78, 5) is 41.3. The number of cyclic esters (lactones) is 1. The summed E-state index contributed by atoms with van der Waals surface area (Å²) in [6.45, 7) is 21.1. The van der Waals surface area contributed by atoms with Crippen molar-refractivity contribution in [3.05, 3.63) is 161 Å². The van der Waals surface area contributed by atoms with E-state index in [4.69, 9.17) is 18.9 Å². The number of fused-ring (bicyclic) bond motifs is 3. The van der Waals surface area contributed by atoms with Crippen molar-refractivity contribution in [3.63, 3.8) is 0 Å². The molecule has 11 heteroatoms. The highest BCUT2D eigenvalue weighted by Gasteiger charge is 2.48. The zero-order valence-corrected chi connectivity index (χ0v) is 36.1. The van der Waals surface area contributed by atoms with Gasteiger partial charge in [0.1, 0.15) is 19.0 Å². The summed E-state index contributed by atoms with van der Waals surface area (Å²) in [7, 11) is 2.03. The van der Waals surface area contributed by atoms with Crippen LogP contribution in [0.1, 0.15) is 71.7 Å². The Kier molecular flexibility index (Phi) is 12.1. The van der Waals surface area contributed by atoms with E-state index in [1.54, 1.807) is 19.9 Å². The van der Waals surface area contributed by atoms with E-state index in [9.17, 15) is 14.4 Å². The van der Waals surface area contributed by atoms with E-state index in [-0.39, 0.29) is 13.2 Å². The number of ether oxygens (including phenoxy) is 4. The molecule has 0 saturated carbocycles. The van der Waals surface area contributed by atoms with Crippen LogP contribution in [0.15, 0.2) is 121 Å². The molecule has 7 rings (SSSR count). The Balaban J connectivity index is 1.58. The van der Waals surface area contributed by atoms with Crippen LogP contribution in [0, 0.1) is 13.8 Å². The van der Waals surface area contributed by atoms with Gasteiger partial charge in [-0.05, 0) is 83.5 Å². The number of hydrogen-bond donors (Lipinski definition) is 0. The van der Waals surface area contributed by atoms with Crippen LogP contribution in [0.25, 0.3) is 27.4 Å². The van der Waals surface area contributed by atoms with Crippen molar-refractivity contribution in [1.29, 1.82) is 0 Å². The monoisotopic (exact) mass is 817 g/mol. The molecule has 1 unspecified atom stereocenters. The summed E-state index contributed by atoms with van der Waals surface area (Å²) in [5.41, 5.74) is 8.40. The first-order chi connectivity index (χ1) is 29.3. The predicted molar refractivity (Wildman–Crippen MR) is 244 cm³/mol. The van der Waals surface area contributed by atoms with Crippen LogP contribution >= 0.6 is 0 Å². The zero-order chi connectivity index (χ0) is 43.6. The van der Waals surface area contributed by atoms with Gasteiger partial charge in [0, 0.05) is 84.9 Å². The van der Waals surface area contributed by atoms with E-state index in [0.29, 0.717) is 53.3 Å². The van der Waals surface area contributed by atoms with Crippen molar-refractivity contribution in [3.8, 4) is 5.75 Å². The fourth-order valence-electron chi connectivity index (χ4n) is 8.44. The van der Waals surface area contributed by atoms with E-state index < -0.39 is 23.5 Å². The second kappa shape index (κ2) is 17.5. The lowest BCUT2D eigenvalue weighted by atomic mass is 9.80. The minimum Gasteiger partial charge on any atom is -0.493 e. The fraction of sp³-hybridized carbons (Fsp3) is 0.260. The Labute approximate surface area is 358 Å². The Morgan fingerprint density at radius 2 is 1.30 bits per heavy atom. The van der Waals surface area contributed by atoms with Gasteiger partial charge in [0.15, 0.2) is 5.60 Å². The third-order valence-corrected chi connectivity index (χ3v) is 11.5. The smallest absolute Gasteiger partial charge is 0.340 e. The molecule has 1 aliphatic heterocycles. The largest absolute Gasteiger partial charge is 0.493 e. The quantitative estimate of drug-likeness (QED) is 0.0414. The molecule has 0 spiro atoms. The number of anilines is 1. The van der Waals surface area contributed by atoms with Crippen LogP contribution in [0.3, 0.4) is 0 Å². The number of carbonyl (C=O) groups excluding carboxylic acids is 3. The molecule has 0 fully saturated rings. The molecule has 0 amide bonds. The second-order valence-electron chi connectivity index (χ2n) is 15.4. The summed E-state index contributed by atoms with van der Waals surface area (Å²) < 4.78 is 28.8. The molecule has 0 aliphatic carbocycles. The molecular formula is C50H52BN3O7. The number of carbonyl (C=O) groups is 3. The third kappa shape index (κ3) is 7.76. The van der Waals surface area contributed by atoms with Crippen LogP contribution in [-0.4, -0.2) is 61.4 Å². The van der Waals surface area contributed by atoms with Crippen molar-refractivity contribution in [1.82, 2.24) is 9.13 Å². The van der Waals surface area contributed by atoms with Crippen molar-refractivity contribution in [2.24, 2.45) is 0 Å². The van der Waals surface area contributed by atoms with Gasteiger partial charge in [0.05, 0.1) is 25.3 Å². The SMILES string of the molecule is BN(CC)c1ccc(C2(C=C(c3c(C)n(CCOC(=O)C(=C)C)c4ccccc34)c3c(C)n(CCOC(=O)C(=C)C)c4ccccc34)OC(=O)c3ccccc32)c(OCC)c1. The minimum atomic E-state index is -1.45. The van der Waals surface area contributed by atoms with Crippen LogP contribution in [-0.2, 0) is 42.5 Å². The Morgan fingerprint density at radius 1 is 0.770 bits per heavy atom. The molecule has 0 N–H and O–H groups in total. The first-order valence-electron chi connectivity index (χ1n) is 20.7. The molecule has 0 radical (unpaired) electrons. The number of para-hydroxylation sites is 2. The molecule has 6 aromatic rings. The summed E-state index contributed by atoms with van der Waals surface area (Å²) in [5.74, 6) is -0.743. The molecule has 4 aromatic carbocycles. The maximum absolute atomic E-state index is 14.2. The van der Waals surface area contributed by atoms with E-state index in [1.807, 2.05) is 75.6 Å². The summed E-state index contributed by atoms with van der Waals surface area (Å²) in [6, 6.07) is 29.9. The van der Waals surface area contributed by atoms with Crippen molar-refractivity contribution in [2.75, 3.05) is 31.2 Å². The summed E-state index contributed by atoms with van der Waals surface area (Å²) in [5, 5.41) is 1.92. The summed E-state index contributed by atoms with van der Waals surface area (Å²) in [6.07, 6.45) is 2.10. The highest BCUT2D eigenvalue weighted by molar-refractivity contribution is 6.17. The number of esters is 3. The zero-order valence-electron chi connectivity index (χ0n) is 36.1. The van der Waals surface area contributed by atoms with Crippen LogP contribution in [0.5, 0.6) is 5.75 Å². The number of nitrogens with zero attached hydrogens (tertiary/aromatic N) is 3. The molecule has 1 atom stereocenters. The second-order valence-corrected chi connectivity index (χ2v) is 15.4. The average Bonchev–Trinajstić information content (AvgIpc) is 3.82. The topological polar surface area (TPSA) is 101 Å². The van der Waals surface area contributed by atoms with Gasteiger partial charge in [0.25, 0.3) is 0 Å². The Bertz CT molecular complexity index is 2640. The molecule has 1 aliphatic rings. The lowest BCUT2D eigenvalue weighted by Gasteiger charge is -2.31. The Morgan fingerprint density at radius 3 is 1.82 bits per heavy atom. The normalized spacial score (nSPS) is 14.4. The molecule has 61 heavy (non-hydrogen) atoms. The van der Waals surface area contributed by atoms with Crippen molar-refractivity contribution in [2.45, 2.75) is 60.2 Å². The third-order valence-electron chi connectivity index (χ3n) is 11.5. The summed E-state index contributed by atoms with van der Waals surface area (Å²) >= 11 is 0. The maximum Gasteiger partial charge on any atom is 0.340 e. The lowest BCUT2D eigenvalue weighted by molar-refractivity contribution is -0.140. The maximum atomic E-state index is 14.2. The average molecular weight is 818 g/mol. The molecule has 312 valence electrons. The first kappa shape index (κ1) is 42.4. The van der Waals surface area contributed by atoms with E-state index >= 15 is 0 Å². The minimum absolute atomic E-state index is 0.135. The van der Waals surface area contributed by atoms with Crippen LogP contribution in [0.2, 0.25) is 0 Å². The standard InChI is InChI=1S/C50H52BN3O7/c1-9-54(51)35-23-24-41(44(29-35)58-10-2)50(40-20-14-11-17-36(40)49(57)61-50)30-39(45-33(7)52(25-27-59-47(55)31(3)4)42-21-15-12-18-37(42)45)46-34(8)53(26-28-60-48(56)32(5)6)43-22-16-13-19-38(43)46/h11-24,29-30H,3,5,9-10,25-28,51H2,1-2,4,6-8H3. The number of hydrogen-bond acceptors (Lipinski definition) is 8. The molecular weight excluding hydrogens is 765 g/mol. The number of benzene rings is 4. The van der Waals surface area contributed by atoms with Crippen molar-refractivity contribution >= 4 is 59.0 Å². The molecule has 0 saturated heterocycles. The van der Waals surface area contributed by atoms with E-state index in [0.717, 1.165) is 62.1 Å². The Hall–Kier alpha value is -6.75. The molecule has 10 nitrogen and oxygen atoms in total. The van der Waals surface area contributed by atoms with Gasteiger partial charge in [-0.1, -0.05) is 67.8 Å². The van der Waals surface area contributed by atoms with E-state index in [1.165, 1.54) is 0 Å². The first-order valence-corrected chi connectivity index (χ1v) is 20.7. The van der Waals surface area contributed by atoms with E-state index in [2.05, 4.69) is 78.2 Å². The van der Waals surface area contributed by atoms with Crippen LogP contribution < -0.4 is 9.55 Å². The molecule has 3 heterocycles. The van der Waals surface area contributed by atoms with Gasteiger partial charge in [0.2, 0.25) is 7.98 Å². The van der Waals surface area contributed by atoms with Gasteiger partial charge in [-0.2, -0.15) is 0 Å². The highest BCUT2D eigenvalue weighted by Crippen LogP contribution is 2.51. The van der Waals surface area contributed by atoms with Gasteiger partial charge in [-0.25, -0.2) is 14.4 Å². The highest BCUT2D eigenvalue weighted by atomic mass is 16.6. The van der Waals surface area contributed by atoms with Crippen LogP contribution in [0.4, 0.5) is 5.69 Å². The van der Waals surface area contributed by atoms with Gasteiger partial charge < -0.3 is 32.9 Å². The number of rotatable bonds is 16. The fourth-order valence-corrected chi connectivity index (χ4v) is 8.44. The number of aromatic nitrogens is 2. The molecule has 2 aromatic heterocycles. The van der Waals surface area contributed by atoms with Gasteiger partial charge in [-0.15, -0.1) is 0 Å². The molecule has 0 bridgehead atoms. The lowest BCUT2D eigenvalue weighted by Crippen LogP contribution is -2.28. The van der Waals surface area contributed by atoms with Gasteiger partial charge in [-0.3, -0.25) is 0 Å². The van der Waals surface area contributed by atoms with Crippen molar-refractivity contribution < 1.29 is 33.3 Å². The van der Waals surface area contributed by atoms with Gasteiger partial charge >= 0.3 is 17.9 Å². The predicted octanol–water partition coefficient (Wildman–Crippen LogP) is 8.77.